The first-order valence-corrected chi connectivity index (χ1v) is 9.11. The van der Waals surface area contributed by atoms with Crippen LogP contribution >= 0.6 is 0 Å². The molecule has 138 valence electrons. The molecular formula is C21H20FN3O2. The summed E-state index contributed by atoms with van der Waals surface area (Å²) >= 11 is 0. The molecule has 2 aromatic carbocycles. The van der Waals surface area contributed by atoms with Crippen molar-refractivity contribution in [2.24, 2.45) is 0 Å². The van der Waals surface area contributed by atoms with E-state index in [0.29, 0.717) is 5.56 Å². The second kappa shape index (κ2) is 7.70. The minimum absolute atomic E-state index is 0.00992. The van der Waals surface area contributed by atoms with Gasteiger partial charge in [-0.1, -0.05) is 30.3 Å². The summed E-state index contributed by atoms with van der Waals surface area (Å²) < 4.78 is 18.5. The number of hydrogen-bond donors (Lipinski definition) is 1. The predicted octanol–water partition coefficient (Wildman–Crippen LogP) is 3.89. The molecule has 1 amide bonds. The molecule has 6 heteroatoms. The molecule has 1 aliphatic carbocycles. The molecule has 0 bridgehead atoms. The Bertz CT molecular complexity index is 938. The van der Waals surface area contributed by atoms with E-state index < -0.39 is 5.82 Å². The lowest BCUT2D eigenvalue weighted by Crippen LogP contribution is -2.39. The van der Waals surface area contributed by atoms with E-state index in [1.807, 2.05) is 42.5 Å². The van der Waals surface area contributed by atoms with Gasteiger partial charge in [0, 0.05) is 11.6 Å². The molecule has 1 heterocycles. The third-order valence-corrected chi connectivity index (χ3v) is 4.89. The molecule has 4 rings (SSSR count). The molecular weight excluding hydrogens is 345 g/mol. The van der Waals surface area contributed by atoms with Crippen LogP contribution in [0.2, 0.25) is 0 Å². The van der Waals surface area contributed by atoms with Crippen molar-refractivity contribution in [3.63, 3.8) is 0 Å². The molecule has 5 nitrogen and oxygen atoms in total. The third-order valence-electron chi connectivity index (χ3n) is 4.89. The van der Waals surface area contributed by atoms with Gasteiger partial charge in [-0.05, 0) is 48.6 Å². The number of nitrogens with one attached hydrogen (secondary N) is 1. The number of amides is 1. The summed E-state index contributed by atoms with van der Waals surface area (Å²) in [7, 11) is 0. The van der Waals surface area contributed by atoms with E-state index in [1.165, 1.54) is 0 Å². The highest BCUT2D eigenvalue weighted by Crippen LogP contribution is 2.23. The van der Waals surface area contributed by atoms with E-state index in [-0.39, 0.29) is 24.1 Å². The van der Waals surface area contributed by atoms with E-state index >= 15 is 0 Å². The van der Waals surface area contributed by atoms with Crippen molar-refractivity contribution in [1.82, 2.24) is 15.3 Å². The van der Waals surface area contributed by atoms with Crippen molar-refractivity contribution in [2.45, 2.75) is 37.8 Å². The SMILES string of the molecule is O=C(NC1CCC(Oc2ncc(F)cn2)CC1)c1ccc2ccccc2c1. The number of hydrogen-bond acceptors (Lipinski definition) is 4. The van der Waals surface area contributed by atoms with Gasteiger partial charge in [0.2, 0.25) is 0 Å². The maximum Gasteiger partial charge on any atom is 0.316 e. The number of ether oxygens (including phenoxy) is 1. The van der Waals surface area contributed by atoms with E-state index in [9.17, 15) is 9.18 Å². The van der Waals surface area contributed by atoms with Crippen LogP contribution in [0.4, 0.5) is 4.39 Å². The molecule has 1 N–H and O–H groups in total. The van der Waals surface area contributed by atoms with Gasteiger partial charge in [-0.3, -0.25) is 4.79 Å². The zero-order chi connectivity index (χ0) is 18.6. The first kappa shape index (κ1) is 17.4. The van der Waals surface area contributed by atoms with Crippen LogP contribution in [0.1, 0.15) is 36.0 Å². The Morgan fingerprint density at radius 3 is 2.44 bits per heavy atom. The Kier molecular flexibility index (Phi) is 4.96. The van der Waals surface area contributed by atoms with Gasteiger partial charge in [-0.25, -0.2) is 14.4 Å². The average Bonchev–Trinajstić information content (AvgIpc) is 2.71. The van der Waals surface area contributed by atoms with E-state index in [1.54, 1.807) is 0 Å². The lowest BCUT2D eigenvalue weighted by Gasteiger charge is -2.28. The van der Waals surface area contributed by atoms with Crippen LogP contribution in [0.3, 0.4) is 0 Å². The molecule has 1 fully saturated rings. The summed E-state index contributed by atoms with van der Waals surface area (Å²) in [6, 6.07) is 14.1. The maximum absolute atomic E-state index is 12.8. The number of rotatable bonds is 4. The summed E-state index contributed by atoms with van der Waals surface area (Å²) in [6.07, 6.45) is 5.42. The summed E-state index contributed by atoms with van der Waals surface area (Å²) in [4.78, 5) is 20.2. The lowest BCUT2D eigenvalue weighted by molar-refractivity contribution is 0.0885. The minimum atomic E-state index is -0.484. The fourth-order valence-corrected chi connectivity index (χ4v) is 3.43. The Morgan fingerprint density at radius 1 is 1.00 bits per heavy atom. The first-order valence-electron chi connectivity index (χ1n) is 9.11. The number of aromatic nitrogens is 2. The number of nitrogens with zero attached hydrogens (tertiary/aromatic N) is 2. The van der Waals surface area contributed by atoms with Gasteiger partial charge in [-0.2, -0.15) is 0 Å². The molecule has 0 aliphatic heterocycles. The fourth-order valence-electron chi connectivity index (χ4n) is 3.43. The minimum Gasteiger partial charge on any atom is -0.460 e. The number of carbonyl (C=O) groups excluding carboxylic acids is 1. The molecule has 0 unspecified atom stereocenters. The second-order valence-corrected chi connectivity index (χ2v) is 6.81. The van der Waals surface area contributed by atoms with Crippen LogP contribution in [0.15, 0.2) is 54.9 Å². The lowest BCUT2D eigenvalue weighted by atomic mass is 9.92. The highest BCUT2D eigenvalue weighted by molar-refractivity contribution is 5.98. The molecule has 1 aliphatic rings. The predicted molar refractivity (Wildman–Crippen MR) is 100 cm³/mol. The Morgan fingerprint density at radius 2 is 1.70 bits per heavy atom. The zero-order valence-corrected chi connectivity index (χ0v) is 14.8. The monoisotopic (exact) mass is 365 g/mol. The van der Waals surface area contributed by atoms with E-state index in [4.69, 9.17) is 4.74 Å². The second-order valence-electron chi connectivity index (χ2n) is 6.81. The summed E-state index contributed by atoms with van der Waals surface area (Å²) in [5.74, 6) is -0.533. The topological polar surface area (TPSA) is 64.1 Å². The van der Waals surface area contributed by atoms with Crippen LogP contribution in [0, 0.1) is 5.82 Å². The number of fused-ring (bicyclic) bond motifs is 1. The molecule has 0 atom stereocenters. The van der Waals surface area contributed by atoms with Gasteiger partial charge in [0.25, 0.3) is 5.91 Å². The highest BCUT2D eigenvalue weighted by atomic mass is 19.1. The number of benzene rings is 2. The van der Waals surface area contributed by atoms with Gasteiger partial charge >= 0.3 is 6.01 Å². The summed E-state index contributed by atoms with van der Waals surface area (Å²) in [6.45, 7) is 0. The molecule has 27 heavy (non-hydrogen) atoms. The molecule has 0 spiro atoms. The van der Waals surface area contributed by atoms with Gasteiger partial charge < -0.3 is 10.1 Å². The van der Waals surface area contributed by atoms with Crippen LogP contribution in [-0.2, 0) is 0 Å². The van der Waals surface area contributed by atoms with Gasteiger partial charge in [0.1, 0.15) is 6.10 Å². The standard InChI is InChI=1S/C21H20FN3O2/c22-17-12-23-21(24-13-17)27-19-9-7-18(8-10-19)25-20(26)16-6-5-14-3-1-2-4-15(14)11-16/h1-6,11-13,18-19H,7-10H2,(H,25,26). The Balaban J connectivity index is 1.31. The molecule has 1 aromatic heterocycles. The van der Waals surface area contributed by atoms with Gasteiger partial charge in [0.15, 0.2) is 5.82 Å². The Hall–Kier alpha value is -3.02. The van der Waals surface area contributed by atoms with Crippen LogP contribution < -0.4 is 10.1 Å². The van der Waals surface area contributed by atoms with Crippen LogP contribution in [0.5, 0.6) is 6.01 Å². The van der Waals surface area contributed by atoms with Crippen molar-refractivity contribution in [3.05, 3.63) is 66.2 Å². The molecule has 0 radical (unpaired) electrons. The van der Waals surface area contributed by atoms with Gasteiger partial charge in [0.05, 0.1) is 12.4 Å². The van der Waals surface area contributed by atoms with Crippen LogP contribution in [-0.4, -0.2) is 28.0 Å². The largest absolute Gasteiger partial charge is 0.460 e. The van der Waals surface area contributed by atoms with E-state index in [2.05, 4.69) is 15.3 Å². The smallest absolute Gasteiger partial charge is 0.316 e. The molecule has 1 saturated carbocycles. The fraction of sp³-hybridized carbons (Fsp3) is 0.286. The molecule has 0 saturated heterocycles. The first-order chi connectivity index (χ1) is 13.2. The van der Waals surface area contributed by atoms with Crippen molar-refractivity contribution in [2.75, 3.05) is 0 Å². The third kappa shape index (κ3) is 4.22. The highest BCUT2D eigenvalue weighted by Gasteiger charge is 2.24. The maximum atomic E-state index is 12.8. The van der Waals surface area contributed by atoms with Crippen molar-refractivity contribution >= 4 is 16.7 Å². The van der Waals surface area contributed by atoms with Crippen molar-refractivity contribution in [1.29, 1.82) is 0 Å². The normalized spacial score (nSPS) is 19.6. The summed E-state index contributed by atoms with van der Waals surface area (Å²) in [5, 5.41) is 5.29. The quantitative estimate of drug-likeness (QED) is 0.762. The average molecular weight is 365 g/mol. The number of halogens is 1. The van der Waals surface area contributed by atoms with Crippen LogP contribution in [0.25, 0.3) is 10.8 Å². The van der Waals surface area contributed by atoms with Crippen molar-refractivity contribution < 1.29 is 13.9 Å². The number of carbonyl (C=O) groups is 1. The van der Waals surface area contributed by atoms with Crippen molar-refractivity contribution in [3.8, 4) is 6.01 Å². The summed E-state index contributed by atoms with van der Waals surface area (Å²) in [5.41, 5.74) is 0.673. The zero-order valence-electron chi connectivity index (χ0n) is 14.8. The van der Waals surface area contributed by atoms with Gasteiger partial charge in [-0.15, -0.1) is 0 Å². The van der Waals surface area contributed by atoms with E-state index in [0.717, 1.165) is 48.8 Å². The Labute approximate surface area is 156 Å². The molecule has 3 aromatic rings.